The predicted molar refractivity (Wildman–Crippen MR) is 120 cm³/mol. The van der Waals surface area contributed by atoms with Gasteiger partial charge in [-0.05, 0) is 49.4 Å². The van der Waals surface area contributed by atoms with Gasteiger partial charge in [-0.3, -0.25) is 9.59 Å². The van der Waals surface area contributed by atoms with Crippen molar-refractivity contribution in [3.63, 3.8) is 0 Å². The number of benzene rings is 1. The van der Waals surface area contributed by atoms with Crippen molar-refractivity contribution in [2.45, 2.75) is 50.7 Å². The summed E-state index contributed by atoms with van der Waals surface area (Å²) in [7, 11) is 0. The van der Waals surface area contributed by atoms with E-state index in [1.54, 1.807) is 18.3 Å². The van der Waals surface area contributed by atoms with E-state index in [9.17, 15) is 9.59 Å². The van der Waals surface area contributed by atoms with Gasteiger partial charge in [0.15, 0.2) is 5.16 Å². The number of para-hydroxylation sites is 1. The van der Waals surface area contributed by atoms with Gasteiger partial charge >= 0.3 is 0 Å². The smallest absolute Gasteiger partial charge is 0.267 e. The number of aryl methyl sites for hydroxylation is 1. The van der Waals surface area contributed by atoms with Crippen molar-refractivity contribution in [1.29, 1.82) is 0 Å². The van der Waals surface area contributed by atoms with Crippen molar-refractivity contribution < 1.29 is 4.79 Å². The maximum absolute atomic E-state index is 13.2. The van der Waals surface area contributed by atoms with Crippen LogP contribution in [-0.2, 0) is 4.79 Å². The third-order valence-corrected chi connectivity index (χ3v) is 6.60. The molecule has 2 atom stereocenters. The second-order valence-corrected chi connectivity index (χ2v) is 8.91. The zero-order valence-corrected chi connectivity index (χ0v) is 18.1. The highest BCUT2D eigenvalue weighted by molar-refractivity contribution is 7.99. The van der Waals surface area contributed by atoms with Gasteiger partial charge in [0.1, 0.15) is 5.82 Å². The van der Waals surface area contributed by atoms with Crippen LogP contribution in [0, 0.1) is 12.8 Å². The minimum Gasteiger partial charge on any atom is -0.352 e. The predicted octanol–water partition coefficient (Wildman–Crippen LogP) is 3.88. The topological polar surface area (TPSA) is 76.9 Å². The van der Waals surface area contributed by atoms with Crippen LogP contribution >= 0.6 is 11.8 Å². The third kappa shape index (κ3) is 4.41. The number of hydrogen-bond acceptors (Lipinski definition) is 5. The fraction of sp³-hybridized carbons (Fsp3) is 0.391. The van der Waals surface area contributed by atoms with Crippen LogP contribution in [0.1, 0.15) is 38.2 Å². The van der Waals surface area contributed by atoms with Gasteiger partial charge < -0.3 is 5.32 Å². The lowest BCUT2D eigenvalue weighted by molar-refractivity contribution is -0.119. The molecule has 0 spiro atoms. The van der Waals surface area contributed by atoms with Crippen LogP contribution in [0.4, 0.5) is 0 Å². The van der Waals surface area contributed by atoms with Crippen LogP contribution in [0.25, 0.3) is 16.7 Å². The summed E-state index contributed by atoms with van der Waals surface area (Å²) in [6.07, 6.45) is 6.31. The summed E-state index contributed by atoms with van der Waals surface area (Å²) in [4.78, 5) is 34.9. The lowest BCUT2D eigenvalue weighted by Gasteiger charge is -2.29. The Morgan fingerprint density at radius 2 is 2.00 bits per heavy atom. The first-order valence-electron chi connectivity index (χ1n) is 10.4. The molecular weight excluding hydrogens is 396 g/mol. The molecule has 4 rings (SSSR count). The molecule has 1 aliphatic carbocycles. The molecule has 156 valence electrons. The molecule has 7 heteroatoms. The molecule has 1 aliphatic rings. The van der Waals surface area contributed by atoms with Gasteiger partial charge in [-0.25, -0.2) is 14.5 Å². The molecule has 0 bridgehead atoms. The molecule has 2 heterocycles. The van der Waals surface area contributed by atoms with Gasteiger partial charge in [0.2, 0.25) is 5.91 Å². The number of nitrogens with zero attached hydrogens (tertiary/aromatic N) is 3. The fourth-order valence-electron chi connectivity index (χ4n) is 3.91. The quantitative estimate of drug-likeness (QED) is 0.499. The number of fused-ring (bicyclic) bond motifs is 1. The van der Waals surface area contributed by atoms with Crippen LogP contribution in [0.5, 0.6) is 0 Å². The molecule has 1 aromatic carbocycles. The van der Waals surface area contributed by atoms with E-state index in [4.69, 9.17) is 0 Å². The van der Waals surface area contributed by atoms with Crippen LogP contribution < -0.4 is 10.9 Å². The average molecular weight is 423 g/mol. The first-order valence-corrected chi connectivity index (χ1v) is 11.4. The number of hydrogen-bond donors (Lipinski definition) is 1. The molecule has 6 nitrogen and oxygen atoms in total. The Kier molecular flexibility index (Phi) is 6.18. The third-order valence-electron chi connectivity index (χ3n) is 5.66. The molecule has 1 fully saturated rings. The van der Waals surface area contributed by atoms with Crippen LogP contribution in [0.3, 0.4) is 0 Å². The minimum atomic E-state index is -0.180. The molecule has 1 N–H and O–H groups in total. The van der Waals surface area contributed by atoms with E-state index >= 15 is 0 Å². The van der Waals surface area contributed by atoms with Crippen LogP contribution in [0.15, 0.2) is 52.5 Å². The summed E-state index contributed by atoms with van der Waals surface area (Å²) in [5.41, 5.74) is 1.45. The molecule has 0 aliphatic heterocycles. The Bertz CT molecular complexity index is 1110. The molecule has 2 unspecified atom stereocenters. The second-order valence-electron chi connectivity index (χ2n) is 7.97. The number of thioether (sulfide) groups is 1. The minimum absolute atomic E-state index is 0.0235. The standard InChI is InChI=1S/C23H26N4O2S/c1-15-11-12-20(24-13-15)27-22(29)17-8-4-6-10-19(17)26-23(27)30-14-21(28)25-18-9-5-3-7-16(18)2/h4,6,8,10-13,16,18H,3,5,7,9,14H2,1-2H3,(H,25,28). The Morgan fingerprint density at radius 3 is 2.77 bits per heavy atom. The normalized spacial score (nSPS) is 19.0. The molecule has 0 radical (unpaired) electrons. The highest BCUT2D eigenvalue weighted by atomic mass is 32.2. The van der Waals surface area contributed by atoms with Crippen molar-refractivity contribution in [2.75, 3.05) is 5.75 Å². The molecule has 2 aromatic heterocycles. The van der Waals surface area contributed by atoms with Crippen molar-refractivity contribution in [1.82, 2.24) is 19.9 Å². The fourth-order valence-corrected chi connectivity index (χ4v) is 4.72. The van der Waals surface area contributed by atoms with E-state index in [1.807, 2.05) is 31.2 Å². The number of pyridine rings is 1. The molecule has 1 saturated carbocycles. The summed E-state index contributed by atoms with van der Waals surface area (Å²) in [5.74, 6) is 1.19. The zero-order valence-electron chi connectivity index (χ0n) is 17.3. The van der Waals surface area contributed by atoms with Gasteiger partial charge in [-0.2, -0.15) is 0 Å². The maximum Gasteiger partial charge on any atom is 0.267 e. The van der Waals surface area contributed by atoms with Crippen molar-refractivity contribution in [2.24, 2.45) is 5.92 Å². The number of carbonyl (C=O) groups excluding carboxylic acids is 1. The molecule has 1 amide bonds. The van der Waals surface area contributed by atoms with Crippen LogP contribution in [0.2, 0.25) is 0 Å². The number of nitrogens with one attached hydrogen (secondary N) is 1. The highest BCUT2D eigenvalue weighted by Gasteiger charge is 2.23. The zero-order chi connectivity index (χ0) is 21.1. The Hall–Kier alpha value is -2.67. The SMILES string of the molecule is Cc1ccc(-n2c(SCC(=O)NC3CCCCC3C)nc3ccccc3c2=O)nc1. The van der Waals surface area contributed by atoms with E-state index in [-0.39, 0.29) is 23.3 Å². The van der Waals surface area contributed by atoms with Gasteiger partial charge in [0.05, 0.1) is 16.7 Å². The summed E-state index contributed by atoms with van der Waals surface area (Å²) < 4.78 is 1.50. The van der Waals surface area contributed by atoms with E-state index < -0.39 is 0 Å². The maximum atomic E-state index is 13.2. The van der Waals surface area contributed by atoms with E-state index in [0.717, 1.165) is 24.8 Å². The van der Waals surface area contributed by atoms with E-state index in [1.165, 1.54) is 22.7 Å². The lowest BCUT2D eigenvalue weighted by atomic mass is 9.86. The van der Waals surface area contributed by atoms with Gasteiger partial charge in [-0.15, -0.1) is 0 Å². The van der Waals surface area contributed by atoms with Crippen molar-refractivity contribution in [3.8, 4) is 5.82 Å². The number of aromatic nitrogens is 3. The Balaban J connectivity index is 1.62. The molecule has 30 heavy (non-hydrogen) atoms. The lowest BCUT2D eigenvalue weighted by Crippen LogP contribution is -2.41. The van der Waals surface area contributed by atoms with Crippen molar-refractivity contribution >= 4 is 28.6 Å². The van der Waals surface area contributed by atoms with E-state index in [2.05, 4.69) is 22.2 Å². The monoisotopic (exact) mass is 422 g/mol. The molecule has 3 aromatic rings. The first-order chi connectivity index (χ1) is 14.5. The summed E-state index contributed by atoms with van der Waals surface area (Å²) in [6, 6.07) is 11.2. The summed E-state index contributed by atoms with van der Waals surface area (Å²) in [6.45, 7) is 4.15. The number of rotatable bonds is 5. The Morgan fingerprint density at radius 1 is 1.20 bits per heavy atom. The molecular formula is C23H26N4O2S. The van der Waals surface area contributed by atoms with E-state index in [0.29, 0.717) is 27.8 Å². The van der Waals surface area contributed by atoms with Gasteiger partial charge in [0.25, 0.3) is 5.56 Å². The first kappa shape index (κ1) is 20.6. The number of carbonyl (C=O) groups is 1. The summed E-state index contributed by atoms with van der Waals surface area (Å²) >= 11 is 1.27. The summed E-state index contributed by atoms with van der Waals surface area (Å²) in [5, 5.41) is 4.17. The van der Waals surface area contributed by atoms with Crippen LogP contribution in [-0.4, -0.2) is 32.2 Å². The Labute approximate surface area is 180 Å². The molecule has 0 saturated heterocycles. The average Bonchev–Trinajstić information content (AvgIpc) is 2.75. The second kappa shape index (κ2) is 9.00. The van der Waals surface area contributed by atoms with Crippen molar-refractivity contribution in [3.05, 3.63) is 58.5 Å². The number of amides is 1. The largest absolute Gasteiger partial charge is 0.352 e. The van der Waals surface area contributed by atoms with Gasteiger partial charge in [-0.1, -0.05) is 49.7 Å². The highest BCUT2D eigenvalue weighted by Crippen LogP contribution is 2.24. The van der Waals surface area contributed by atoms with Gasteiger partial charge in [0, 0.05) is 12.2 Å².